The van der Waals surface area contributed by atoms with Crippen molar-refractivity contribution in [3.05, 3.63) is 49.9 Å². The predicted octanol–water partition coefficient (Wildman–Crippen LogP) is 5.70. The molecular formula is C16H17BrFNS. The highest BCUT2D eigenvalue weighted by Crippen LogP contribution is 2.34. The monoisotopic (exact) mass is 353 g/mol. The molecule has 0 radical (unpaired) electrons. The SMILES string of the molecule is CC(Nc1ccc(F)c(Br)c1)c1cc2c(s1)CCCC2. The molecule has 106 valence electrons. The zero-order valence-corrected chi connectivity index (χ0v) is 13.8. The number of benzene rings is 1. The zero-order chi connectivity index (χ0) is 14.1. The summed E-state index contributed by atoms with van der Waals surface area (Å²) >= 11 is 5.15. The molecule has 0 saturated heterocycles. The number of aryl methyl sites for hydroxylation is 2. The van der Waals surface area contributed by atoms with Gasteiger partial charge in [-0.1, -0.05) is 0 Å². The Hall–Kier alpha value is -0.870. The van der Waals surface area contributed by atoms with E-state index in [9.17, 15) is 4.39 Å². The van der Waals surface area contributed by atoms with E-state index in [1.165, 1.54) is 42.2 Å². The Bertz CT molecular complexity index is 599. The molecule has 1 atom stereocenters. The molecule has 0 aliphatic heterocycles. The fourth-order valence-corrected chi connectivity index (χ4v) is 4.27. The van der Waals surface area contributed by atoms with Gasteiger partial charge in [0.05, 0.1) is 10.5 Å². The minimum atomic E-state index is -0.227. The van der Waals surface area contributed by atoms with Gasteiger partial charge in [0.25, 0.3) is 0 Å². The van der Waals surface area contributed by atoms with Crippen molar-refractivity contribution >= 4 is 33.0 Å². The maximum atomic E-state index is 13.2. The number of hydrogen-bond donors (Lipinski definition) is 1. The second-order valence-corrected chi connectivity index (χ2v) is 7.32. The Morgan fingerprint density at radius 3 is 2.80 bits per heavy atom. The Morgan fingerprint density at radius 2 is 2.05 bits per heavy atom. The Kier molecular flexibility index (Phi) is 4.13. The highest BCUT2D eigenvalue weighted by Gasteiger charge is 2.16. The molecule has 1 heterocycles. The van der Waals surface area contributed by atoms with E-state index in [4.69, 9.17) is 0 Å². The first-order valence-corrected chi connectivity index (χ1v) is 8.57. The molecular weight excluding hydrogens is 337 g/mol. The van der Waals surface area contributed by atoms with Crippen LogP contribution in [-0.2, 0) is 12.8 Å². The molecule has 0 spiro atoms. The Morgan fingerprint density at radius 1 is 1.25 bits per heavy atom. The van der Waals surface area contributed by atoms with E-state index < -0.39 is 0 Å². The minimum absolute atomic E-state index is 0.227. The summed E-state index contributed by atoms with van der Waals surface area (Å²) in [5.74, 6) is -0.227. The van der Waals surface area contributed by atoms with Gasteiger partial charge in [0.15, 0.2) is 0 Å². The number of anilines is 1. The topological polar surface area (TPSA) is 12.0 Å². The number of rotatable bonds is 3. The van der Waals surface area contributed by atoms with Gasteiger partial charge in [0, 0.05) is 15.4 Å². The first kappa shape index (κ1) is 14.1. The summed E-state index contributed by atoms with van der Waals surface area (Å²) in [6.07, 6.45) is 5.09. The lowest BCUT2D eigenvalue weighted by Gasteiger charge is -2.14. The summed E-state index contributed by atoms with van der Waals surface area (Å²) in [6, 6.07) is 7.65. The van der Waals surface area contributed by atoms with E-state index in [-0.39, 0.29) is 11.9 Å². The largest absolute Gasteiger partial charge is 0.378 e. The van der Waals surface area contributed by atoms with Crippen molar-refractivity contribution in [2.45, 2.75) is 38.6 Å². The highest BCUT2D eigenvalue weighted by atomic mass is 79.9. The molecule has 1 unspecified atom stereocenters. The summed E-state index contributed by atoms with van der Waals surface area (Å²) in [6.45, 7) is 2.16. The molecule has 1 aromatic carbocycles. The third-order valence-corrected chi connectivity index (χ3v) is 5.77. The van der Waals surface area contributed by atoms with Crippen LogP contribution in [0.15, 0.2) is 28.7 Å². The van der Waals surface area contributed by atoms with Crippen LogP contribution in [0.25, 0.3) is 0 Å². The number of thiophene rings is 1. The minimum Gasteiger partial charge on any atom is -0.378 e. The van der Waals surface area contributed by atoms with Crippen LogP contribution in [0.2, 0.25) is 0 Å². The normalized spacial score (nSPS) is 15.8. The summed E-state index contributed by atoms with van der Waals surface area (Å²) < 4.78 is 13.7. The molecule has 3 rings (SSSR count). The molecule has 0 saturated carbocycles. The van der Waals surface area contributed by atoms with Crippen LogP contribution in [0, 0.1) is 5.82 Å². The van der Waals surface area contributed by atoms with Crippen molar-refractivity contribution in [2.75, 3.05) is 5.32 Å². The fraction of sp³-hybridized carbons (Fsp3) is 0.375. The number of hydrogen-bond acceptors (Lipinski definition) is 2. The second-order valence-electron chi connectivity index (χ2n) is 5.30. The first-order chi connectivity index (χ1) is 9.63. The summed E-state index contributed by atoms with van der Waals surface area (Å²) in [5.41, 5.74) is 2.47. The lowest BCUT2D eigenvalue weighted by atomic mass is 9.99. The molecule has 1 nitrogen and oxygen atoms in total. The van der Waals surface area contributed by atoms with Crippen molar-refractivity contribution in [1.29, 1.82) is 0 Å². The molecule has 1 aliphatic rings. The number of fused-ring (bicyclic) bond motifs is 1. The Labute approximate surface area is 131 Å². The van der Waals surface area contributed by atoms with E-state index in [1.54, 1.807) is 17.0 Å². The molecule has 4 heteroatoms. The predicted molar refractivity (Wildman–Crippen MR) is 87.1 cm³/mol. The molecule has 0 fully saturated rings. The van der Waals surface area contributed by atoms with Gasteiger partial charge >= 0.3 is 0 Å². The van der Waals surface area contributed by atoms with E-state index in [2.05, 4.69) is 34.2 Å². The van der Waals surface area contributed by atoms with E-state index in [0.29, 0.717) is 4.47 Å². The van der Waals surface area contributed by atoms with Crippen molar-refractivity contribution in [2.24, 2.45) is 0 Å². The maximum Gasteiger partial charge on any atom is 0.137 e. The number of nitrogens with one attached hydrogen (secondary N) is 1. The van der Waals surface area contributed by atoms with Crippen molar-refractivity contribution in [3.63, 3.8) is 0 Å². The van der Waals surface area contributed by atoms with Crippen LogP contribution in [0.5, 0.6) is 0 Å². The zero-order valence-electron chi connectivity index (χ0n) is 11.4. The lowest BCUT2D eigenvalue weighted by molar-refractivity contribution is 0.621. The smallest absolute Gasteiger partial charge is 0.137 e. The van der Waals surface area contributed by atoms with Crippen LogP contribution in [0.3, 0.4) is 0 Å². The van der Waals surface area contributed by atoms with Gasteiger partial charge in [-0.3, -0.25) is 0 Å². The van der Waals surface area contributed by atoms with Crippen molar-refractivity contribution in [3.8, 4) is 0 Å². The molecule has 1 aliphatic carbocycles. The summed E-state index contributed by atoms with van der Waals surface area (Å²) in [4.78, 5) is 2.93. The second kappa shape index (κ2) is 5.86. The van der Waals surface area contributed by atoms with Gasteiger partial charge in [-0.05, 0) is 78.4 Å². The van der Waals surface area contributed by atoms with Crippen LogP contribution in [0.1, 0.15) is 41.1 Å². The Balaban J connectivity index is 1.76. The van der Waals surface area contributed by atoms with Crippen molar-refractivity contribution < 1.29 is 4.39 Å². The molecule has 1 N–H and O–H groups in total. The van der Waals surface area contributed by atoms with Crippen LogP contribution >= 0.6 is 27.3 Å². The quantitative estimate of drug-likeness (QED) is 0.745. The first-order valence-electron chi connectivity index (χ1n) is 6.96. The molecule has 0 bridgehead atoms. The maximum absolute atomic E-state index is 13.2. The average molecular weight is 354 g/mol. The van der Waals surface area contributed by atoms with E-state index in [1.807, 2.05) is 11.3 Å². The summed E-state index contributed by atoms with van der Waals surface area (Å²) in [5, 5.41) is 3.45. The van der Waals surface area contributed by atoms with Gasteiger partial charge in [-0.15, -0.1) is 11.3 Å². The number of halogens is 2. The third-order valence-electron chi connectivity index (χ3n) is 3.75. The van der Waals surface area contributed by atoms with Gasteiger partial charge in [0.2, 0.25) is 0 Å². The van der Waals surface area contributed by atoms with Crippen LogP contribution in [-0.4, -0.2) is 0 Å². The molecule has 0 amide bonds. The average Bonchev–Trinajstić information content (AvgIpc) is 2.87. The van der Waals surface area contributed by atoms with Gasteiger partial charge in [-0.25, -0.2) is 4.39 Å². The third kappa shape index (κ3) is 2.91. The van der Waals surface area contributed by atoms with Crippen LogP contribution < -0.4 is 5.32 Å². The van der Waals surface area contributed by atoms with E-state index in [0.717, 1.165) is 5.69 Å². The lowest BCUT2D eigenvalue weighted by Crippen LogP contribution is -2.04. The molecule has 2 aromatic rings. The fourth-order valence-electron chi connectivity index (χ4n) is 2.63. The van der Waals surface area contributed by atoms with Gasteiger partial charge in [0.1, 0.15) is 5.82 Å². The van der Waals surface area contributed by atoms with Crippen LogP contribution in [0.4, 0.5) is 10.1 Å². The van der Waals surface area contributed by atoms with Crippen molar-refractivity contribution in [1.82, 2.24) is 0 Å². The summed E-state index contributed by atoms with van der Waals surface area (Å²) in [7, 11) is 0. The molecule has 20 heavy (non-hydrogen) atoms. The highest BCUT2D eigenvalue weighted by molar-refractivity contribution is 9.10. The van der Waals surface area contributed by atoms with Gasteiger partial charge < -0.3 is 5.32 Å². The van der Waals surface area contributed by atoms with E-state index >= 15 is 0 Å². The van der Waals surface area contributed by atoms with Gasteiger partial charge in [-0.2, -0.15) is 0 Å². The molecule has 1 aromatic heterocycles. The standard InChI is InChI=1S/C16H17BrFNS/c1-10(19-12-6-7-14(18)13(17)9-12)16-8-11-4-2-3-5-15(11)20-16/h6-10,19H,2-5H2,1H3.